The number of nitrogens with one attached hydrogen (secondary N) is 1. The van der Waals surface area contributed by atoms with Gasteiger partial charge in [0.1, 0.15) is 10.8 Å². The van der Waals surface area contributed by atoms with Gasteiger partial charge in [-0.1, -0.05) is 6.92 Å². The fraction of sp³-hybridized carbons (Fsp3) is 0.471. The van der Waals surface area contributed by atoms with Crippen molar-refractivity contribution in [2.24, 2.45) is 0 Å². The fourth-order valence-electron chi connectivity index (χ4n) is 1.99. The van der Waals surface area contributed by atoms with E-state index in [1.807, 2.05) is 19.1 Å². The maximum absolute atomic E-state index is 5.48. The van der Waals surface area contributed by atoms with E-state index in [9.17, 15) is 0 Å². The van der Waals surface area contributed by atoms with Crippen molar-refractivity contribution in [1.29, 1.82) is 0 Å². The minimum Gasteiger partial charge on any atom is -0.494 e. The lowest BCUT2D eigenvalue weighted by atomic mass is 10.2. The van der Waals surface area contributed by atoms with Gasteiger partial charge in [0.2, 0.25) is 0 Å². The van der Waals surface area contributed by atoms with Crippen molar-refractivity contribution in [1.82, 2.24) is 10.3 Å². The molecule has 3 nitrogen and oxygen atoms in total. The number of benzene rings is 1. The Balaban J connectivity index is 2.10. The molecule has 0 fully saturated rings. The van der Waals surface area contributed by atoms with Crippen molar-refractivity contribution >= 4 is 11.3 Å². The minimum absolute atomic E-state index is 0.542. The van der Waals surface area contributed by atoms with Crippen LogP contribution in [-0.2, 0) is 6.54 Å². The fourth-order valence-corrected chi connectivity index (χ4v) is 3.01. The van der Waals surface area contributed by atoms with E-state index in [2.05, 4.69) is 38.2 Å². The van der Waals surface area contributed by atoms with Gasteiger partial charge in [0.15, 0.2) is 0 Å². The molecule has 1 aromatic heterocycles. The molecule has 1 atom stereocenters. The number of aryl methyl sites for hydroxylation is 1. The summed E-state index contributed by atoms with van der Waals surface area (Å²) in [4.78, 5) is 6.02. The van der Waals surface area contributed by atoms with E-state index in [-0.39, 0.29) is 0 Å². The van der Waals surface area contributed by atoms with E-state index in [0.717, 1.165) is 35.0 Å². The number of nitrogens with zero attached hydrogens (tertiary/aromatic N) is 1. The van der Waals surface area contributed by atoms with Gasteiger partial charge in [-0.3, -0.25) is 0 Å². The maximum atomic E-state index is 5.48. The van der Waals surface area contributed by atoms with Gasteiger partial charge in [-0.25, -0.2) is 4.98 Å². The summed E-state index contributed by atoms with van der Waals surface area (Å²) in [5.41, 5.74) is 2.28. The Morgan fingerprint density at radius 2 is 1.95 bits per heavy atom. The topological polar surface area (TPSA) is 34.1 Å². The molecular weight excluding hydrogens is 280 g/mol. The highest BCUT2D eigenvalue weighted by molar-refractivity contribution is 7.15. The van der Waals surface area contributed by atoms with E-state index >= 15 is 0 Å². The van der Waals surface area contributed by atoms with E-state index < -0.39 is 0 Å². The van der Waals surface area contributed by atoms with Crippen molar-refractivity contribution in [2.45, 2.75) is 46.7 Å². The normalized spacial score (nSPS) is 12.4. The summed E-state index contributed by atoms with van der Waals surface area (Å²) in [6.45, 7) is 10.1. The largest absolute Gasteiger partial charge is 0.494 e. The molecule has 0 aliphatic carbocycles. The maximum Gasteiger partial charge on any atom is 0.123 e. The van der Waals surface area contributed by atoms with Crippen LogP contribution < -0.4 is 10.1 Å². The van der Waals surface area contributed by atoms with Crippen LogP contribution >= 0.6 is 11.3 Å². The Kier molecular flexibility index (Phi) is 5.76. The van der Waals surface area contributed by atoms with Crippen molar-refractivity contribution in [3.05, 3.63) is 34.8 Å². The first kappa shape index (κ1) is 16.0. The predicted molar refractivity (Wildman–Crippen MR) is 90.0 cm³/mol. The second kappa shape index (κ2) is 7.57. The first-order valence-electron chi connectivity index (χ1n) is 7.57. The van der Waals surface area contributed by atoms with Crippen molar-refractivity contribution in [2.75, 3.05) is 6.61 Å². The van der Waals surface area contributed by atoms with Crippen LogP contribution in [0.25, 0.3) is 10.6 Å². The van der Waals surface area contributed by atoms with Gasteiger partial charge in [0.05, 0.1) is 12.3 Å². The quantitative estimate of drug-likeness (QED) is 0.823. The smallest absolute Gasteiger partial charge is 0.123 e. The predicted octanol–water partition coefficient (Wildman–Crippen LogP) is 4.41. The summed E-state index contributed by atoms with van der Waals surface area (Å²) in [5.74, 6) is 0.910. The lowest BCUT2D eigenvalue weighted by Gasteiger charge is -2.09. The van der Waals surface area contributed by atoms with E-state index in [4.69, 9.17) is 9.72 Å². The van der Waals surface area contributed by atoms with Crippen LogP contribution in [0.15, 0.2) is 24.3 Å². The van der Waals surface area contributed by atoms with E-state index in [1.165, 1.54) is 4.88 Å². The third kappa shape index (κ3) is 4.29. The molecule has 0 radical (unpaired) electrons. The van der Waals surface area contributed by atoms with Crippen LogP contribution in [0.5, 0.6) is 5.75 Å². The third-order valence-corrected chi connectivity index (χ3v) is 4.73. The lowest BCUT2D eigenvalue weighted by molar-refractivity contribution is 0.340. The molecule has 1 N–H and O–H groups in total. The molecule has 0 saturated heterocycles. The minimum atomic E-state index is 0.542. The second-order valence-corrected chi connectivity index (χ2v) is 6.26. The Morgan fingerprint density at radius 3 is 2.57 bits per heavy atom. The van der Waals surface area contributed by atoms with Crippen LogP contribution in [0.3, 0.4) is 0 Å². The van der Waals surface area contributed by atoms with Crippen LogP contribution in [0.2, 0.25) is 0 Å². The average Bonchev–Trinajstić information content (AvgIpc) is 2.87. The number of hydrogen-bond acceptors (Lipinski definition) is 4. The van der Waals surface area contributed by atoms with Crippen LogP contribution in [-0.4, -0.2) is 17.6 Å². The summed E-state index contributed by atoms with van der Waals surface area (Å²) < 4.78 is 5.48. The molecule has 4 heteroatoms. The molecule has 1 heterocycles. The molecule has 0 spiro atoms. The molecule has 2 aromatic rings. The number of ether oxygens (including phenoxy) is 1. The van der Waals surface area contributed by atoms with Gasteiger partial charge >= 0.3 is 0 Å². The number of aromatic nitrogens is 1. The van der Waals surface area contributed by atoms with E-state index in [0.29, 0.717) is 12.6 Å². The van der Waals surface area contributed by atoms with Gasteiger partial charge in [-0.15, -0.1) is 11.3 Å². The molecular formula is C17H24N2OS. The Hall–Kier alpha value is -1.39. The number of thiazole rings is 1. The van der Waals surface area contributed by atoms with Crippen molar-refractivity contribution in [3.63, 3.8) is 0 Å². The molecule has 0 bridgehead atoms. The highest BCUT2D eigenvalue weighted by Gasteiger charge is 2.10. The molecule has 0 saturated carbocycles. The van der Waals surface area contributed by atoms with Gasteiger partial charge in [0.25, 0.3) is 0 Å². The summed E-state index contributed by atoms with van der Waals surface area (Å²) in [5, 5.41) is 4.61. The zero-order valence-corrected chi connectivity index (χ0v) is 14.1. The molecule has 0 aliphatic heterocycles. The van der Waals surface area contributed by atoms with Crippen LogP contribution in [0.4, 0.5) is 0 Å². The highest BCUT2D eigenvalue weighted by atomic mass is 32.1. The highest BCUT2D eigenvalue weighted by Crippen LogP contribution is 2.29. The van der Waals surface area contributed by atoms with Gasteiger partial charge in [-0.05, 0) is 51.5 Å². The monoisotopic (exact) mass is 304 g/mol. The first-order valence-corrected chi connectivity index (χ1v) is 8.38. The molecule has 1 unspecified atom stereocenters. The molecule has 21 heavy (non-hydrogen) atoms. The standard InChI is InChI=1S/C17H24N2OS/c1-5-12(3)18-11-16-13(4)19-17(21-16)14-7-9-15(10-8-14)20-6-2/h7-10,12,18H,5-6,11H2,1-4H3. The molecule has 114 valence electrons. The molecule has 1 aromatic carbocycles. The second-order valence-electron chi connectivity index (χ2n) is 5.18. The number of hydrogen-bond donors (Lipinski definition) is 1. The third-order valence-electron chi connectivity index (χ3n) is 3.53. The zero-order chi connectivity index (χ0) is 15.2. The Bertz CT molecular complexity index is 563. The summed E-state index contributed by atoms with van der Waals surface area (Å²) in [6.07, 6.45) is 1.14. The summed E-state index contributed by atoms with van der Waals surface area (Å²) in [7, 11) is 0. The SMILES string of the molecule is CCOc1ccc(-c2nc(C)c(CNC(C)CC)s2)cc1. The summed E-state index contributed by atoms with van der Waals surface area (Å²) >= 11 is 1.77. The Labute approximate surface area is 131 Å². The number of rotatable bonds is 7. The molecule has 0 amide bonds. The first-order chi connectivity index (χ1) is 10.1. The van der Waals surface area contributed by atoms with Crippen LogP contribution in [0, 0.1) is 6.92 Å². The Morgan fingerprint density at radius 1 is 1.24 bits per heavy atom. The summed E-state index contributed by atoms with van der Waals surface area (Å²) in [6, 6.07) is 8.71. The van der Waals surface area contributed by atoms with Gasteiger partial charge in [0, 0.05) is 23.0 Å². The van der Waals surface area contributed by atoms with Gasteiger partial charge in [-0.2, -0.15) is 0 Å². The average molecular weight is 304 g/mol. The van der Waals surface area contributed by atoms with Gasteiger partial charge < -0.3 is 10.1 Å². The van der Waals surface area contributed by atoms with Crippen molar-refractivity contribution < 1.29 is 4.74 Å². The zero-order valence-electron chi connectivity index (χ0n) is 13.3. The lowest BCUT2D eigenvalue weighted by Crippen LogP contribution is -2.24. The molecule has 2 rings (SSSR count). The van der Waals surface area contributed by atoms with E-state index in [1.54, 1.807) is 11.3 Å². The van der Waals surface area contributed by atoms with Crippen molar-refractivity contribution in [3.8, 4) is 16.3 Å². The molecule has 0 aliphatic rings. The van der Waals surface area contributed by atoms with Crippen LogP contribution in [0.1, 0.15) is 37.8 Å².